The zero-order valence-electron chi connectivity index (χ0n) is 12.2. The molecule has 0 aliphatic rings. The second-order valence-corrected chi connectivity index (χ2v) is 4.98. The molecule has 106 valence electrons. The Hall–Kier alpha value is -2.03. The average Bonchev–Trinajstić information content (AvgIpc) is 2.38. The zero-order valence-corrected chi connectivity index (χ0v) is 12.2. The molecule has 0 unspecified atom stereocenters. The van der Waals surface area contributed by atoms with Gasteiger partial charge in [0, 0.05) is 12.2 Å². The number of halogens is 1. The van der Waals surface area contributed by atoms with Crippen molar-refractivity contribution >= 4 is 5.69 Å². The number of benzene rings is 2. The maximum atomic E-state index is 13.4. The lowest BCUT2D eigenvalue weighted by Crippen LogP contribution is -2.13. The maximum Gasteiger partial charge on any atom is 0.165 e. The summed E-state index contributed by atoms with van der Waals surface area (Å²) in [6, 6.07) is 10.7. The molecule has 0 bridgehead atoms. The van der Waals surface area contributed by atoms with E-state index in [1.54, 1.807) is 18.2 Å². The summed E-state index contributed by atoms with van der Waals surface area (Å²) in [7, 11) is 0. The van der Waals surface area contributed by atoms with Gasteiger partial charge in [0.2, 0.25) is 0 Å². The van der Waals surface area contributed by atoms with Gasteiger partial charge in [-0.3, -0.25) is 0 Å². The molecule has 1 N–H and O–H groups in total. The molecule has 0 saturated carbocycles. The third-order valence-corrected chi connectivity index (χ3v) is 3.18. The van der Waals surface area contributed by atoms with E-state index in [9.17, 15) is 4.39 Å². The van der Waals surface area contributed by atoms with Gasteiger partial charge >= 0.3 is 0 Å². The van der Waals surface area contributed by atoms with Gasteiger partial charge in [-0.15, -0.1) is 0 Å². The molecule has 0 spiro atoms. The van der Waals surface area contributed by atoms with Crippen molar-refractivity contribution in [1.82, 2.24) is 0 Å². The Bertz CT molecular complexity index is 572. The molecule has 2 aromatic rings. The van der Waals surface area contributed by atoms with Crippen LogP contribution in [0.15, 0.2) is 36.4 Å². The van der Waals surface area contributed by atoms with Crippen LogP contribution < -0.4 is 10.1 Å². The molecule has 0 heterocycles. The van der Waals surface area contributed by atoms with E-state index in [-0.39, 0.29) is 5.82 Å². The fraction of sp³-hybridized carbons (Fsp3) is 0.294. The number of rotatable bonds is 5. The van der Waals surface area contributed by atoms with Crippen molar-refractivity contribution in [1.29, 1.82) is 0 Å². The summed E-state index contributed by atoms with van der Waals surface area (Å²) in [5.74, 6) is -0.0261. The summed E-state index contributed by atoms with van der Waals surface area (Å²) in [5, 5.41) is 3.35. The third-order valence-electron chi connectivity index (χ3n) is 3.18. The van der Waals surface area contributed by atoms with E-state index >= 15 is 0 Å². The van der Waals surface area contributed by atoms with E-state index in [2.05, 4.69) is 38.2 Å². The molecular formula is C17H20FNO. The summed E-state index contributed by atoms with van der Waals surface area (Å²) < 4.78 is 18.8. The van der Waals surface area contributed by atoms with E-state index < -0.39 is 0 Å². The number of ether oxygens (including phenoxy) is 1. The highest BCUT2D eigenvalue weighted by Gasteiger charge is 2.04. The smallest absolute Gasteiger partial charge is 0.165 e. The van der Waals surface area contributed by atoms with Gasteiger partial charge in [-0.2, -0.15) is 0 Å². The Balaban J connectivity index is 1.90. The maximum absolute atomic E-state index is 13.4. The molecule has 20 heavy (non-hydrogen) atoms. The van der Waals surface area contributed by atoms with Gasteiger partial charge in [-0.1, -0.05) is 29.8 Å². The summed E-state index contributed by atoms with van der Waals surface area (Å²) >= 11 is 0. The standard InChI is InChI=1S/C17H20FNO/c1-12-10-13(2)17(14(3)11-12)19-8-9-20-16-7-5-4-6-15(16)18/h4-7,10-11,19H,8-9H2,1-3H3. The molecule has 2 aromatic carbocycles. The molecule has 0 aliphatic heterocycles. The molecule has 0 saturated heterocycles. The van der Waals surface area contributed by atoms with Crippen LogP contribution in [0, 0.1) is 26.6 Å². The van der Waals surface area contributed by atoms with Gasteiger partial charge in [0.25, 0.3) is 0 Å². The van der Waals surface area contributed by atoms with Gasteiger partial charge < -0.3 is 10.1 Å². The molecule has 0 fully saturated rings. The Morgan fingerprint density at radius 3 is 2.35 bits per heavy atom. The van der Waals surface area contributed by atoms with Gasteiger partial charge in [0.15, 0.2) is 11.6 Å². The monoisotopic (exact) mass is 273 g/mol. The quantitative estimate of drug-likeness (QED) is 0.823. The lowest BCUT2D eigenvalue weighted by atomic mass is 10.1. The first kappa shape index (κ1) is 14.4. The Morgan fingerprint density at radius 1 is 1.05 bits per heavy atom. The van der Waals surface area contributed by atoms with Crippen LogP contribution in [0.1, 0.15) is 16.7 Å². The van der Waals surface area contributed by atoms with Crippen molar-refractivity contribution in [3.8, 4) is 5.75 Å². The highest BCUT2D eigenvalue weighted by molar-refractivity contribution is 5.58. The van der Waals surface area contributed by atoms with Crippen molar-refractivity contribution in [3.05, 3.63) is 58.9 Å². The molecule has 0 aromatic heterocycles. The Kier molecular flexibility index (Phi) is 4.61. The topological polar surface area (TPSA) is 21.3 Å². The van der Waals surface area contributed by atoms with Crippen LogP contribution in [-0.4, -0.2) is 13.2 Å². The van der Waals surface area contributed by atoms with Gasteiger partial charge in [0.05, 0.1) is 0 Å². The predicted molar refractivity (Wildman–Crippen MR) is 81.0 cm³/mol. The predicted octanol–water partition coefficient (Wildman–Crippen LogP) is 4.24. The molecule has 0 atom stereocenters. The minimum Gasteiger partial charge on any atom is -0.489 e. The Labute approximate surface area is 119 Å². The first-order valence-electron chi connectivity index (χ1n) is 6.77. The SMILES string of the molecule is Cc1cc(C)c(NCCOc2ccccc2F)c(C)c1. The normalized spacial score (nSPS) is 10.4. The average molecular weight is 273 g/mol. The first-order chi connectivity index (χ1) is 9.58. The summed E-state index contributed by atoms with van der Waals surface area (Å²) in [6.45, 7) is 7.32. The second kappa shape index (κ2) is 6.42. The van der Waals surface area contributed by atoms with Crippen LogP contribution >= 0.6 is 0 Å². The largest absolute Gasteiger partial charge is 0.489 e. The van der Waals surface area contributed by atoms with E-state index in [1.165, 1.54) is 22.8 Å². The van der Waals surface area contributed by atoms with Gasteiger partial charge in [0.1, 0.15) is 6.61 Å². The second-order valence-electron chi connectivity index (χ2n) is 4.98. The number of anilines is 1. The van der Waals surface area contributed by atoms with Gasteiger partial charge in [-0.25, -0.2) is 4.39 Å². The third kappa shape index (κ3) is 3.50. The number of nitrogens with one attached hydrogen (secondary N) is 1. The van der Waals surface area contributed by atoms with Crippen LogP contribution in [0.25, 0.3) is 0 Å². The van der Waals surface area contributed by atoms with Crippen molar-refractivity contribution in [2.45, 2.75) is 20.8 Å². The van der Waals surface area contributed by atoms with Crippen LogP contribution in [-0.2, 0) is 0 Å². The minimum atomic E-state index is -0.324. The first-order valence-corrected chi connectivity index (χ1v) is 6.77. The fourth-order valence-corrected chi connectivity index (χ4v) is 2.36. The zero-order chi connectivity index (χ0) is 14.5. The molecule has 0 aliphatic carbocycles. The van der Waals surface area contributed by atoms with Gasteiger partial charge in [-0.05, 0) is 44.0 Å². The molecule has 0 radical (unpaired) electrons. The number of hydrogen-bond acceptors (Lipinski definition) is 2. The summed E-state index contributed by atoms with van der Waals surface area (Å²) in [4.78, 5) is 0. The fourth-order valence-electron chi connectivity index (χ4n) is 2.36. The molecule has 3 heteroatoms. The van der Waals surface area contributed by atoms with E-state index in [1.807, 2.05) is 0 Å². The van der Waals surface area contributed by atoms with E-state index in [0.29, 0.717) is 18.9 Å². The number of aryl methyl sites for hydroxylation is 3. The molecular weight excluding hydrogens is 253 g/mol. The number of para-hydroxylation sites is 1. The van der Waals surface area contributed by atoms with Crippen LogP contribution in [0.2, 0.25) is 0 Å². The summed E-state index contributed by atoms with van der Waals surface area (Å²) in [6.07, 6.45) is 0. The van der Waals surface area contributed by atoms with Crippen LogP contribution in [0.5, 0.6) is 5.75 Å². The highest BCUT2D eigenvalue weighted by atomic mass is 19.1. The van der Waals surface area contributed by atoms with Crippen molar-refractivity contribution in [2.75, 3.05) is 18.5 Å². The lowest BCUT2D eigenvalue weighted by Gasteiger charge is -2.14. The van der Waals surface area contributed by atoms with Crippen LogP contribution in [0.4, 0.5) is 10.1 Å². The highest BCUT2D eigenvalue weighted by Crippen LogP contribution is 2.21. The van der Waals surface area contributed by atoms with Crippen molar-refractivity contribution < 1.29 is 9.13 Å². The van der Waals surface area contributed by atoms with E-state index in [0.717, 1.165) is 5.69 Å². The molecule has 2 nitrogen and oxygen atoms in total. The van der Waals surface area contributed by atoms with Crippen LogP contribution in [0.3, 0.4) is 0 Å². The van der Waals surface area contributed by atoms with E-state index in [4.69, 9.17) is 4.74 Å². The number of hydrogen-bond donors (Lipinski definition) is 1. The Morgan fingerprint density at radius 2 is 1.70 bits per heavy atom. The molecule has 0 amide bonds. The molecule has 2 rings (SSSR count). The minimum absolute atomic E-state index is 0.298. The van der Waals surface area contributed by atoms with Crippen molar-refractivity contribution in [3.63, 3.8) is 0 Å². The lowest BCUT2D eigenvalue weighted by molar-refractivity contribution is 0.315. The van der Waals surface area contributed by atoms with Crippen molar-refractivity contribution in [2.24, 2.45) is 0 Å². The summed E-state index contributed by atoms with van der Waals surface area (Å²) in [5.41, 5.74) is 4.82.